The molecule has 4 aromatic heterocycles. The summed E-state index contributed by atoms with van der Waals surface area (Å²) >= 11 is 3.64. The maximum atomic E-state index is 5.69. The standard InChI is InChI=1S/C46H25N3S2/c1-2-14-27-26(13-1)25-35(29-16-4-3-15-28(27)29)42-41-34-21-9-12-24-38(34)51-45(41)48-46(47-42)49-36-22-10-7-19-32(36)39-40-33-20-8-11-23-37(33)50-44(40)31-18-6-5-17-30(31)43(39)49/h1-25H. The summed E-state index contributed by atoms with van der Waals surface area (Å²) in [5, 5.41) is 14.7. The third-order valence-corrected chi connectivity index (χ3v) is 12.9. The molecule has 0 aliphatic rings. The van der Waals surface area contributed by atoms with Crippen molar-refractivity contribution < 1.29 is 0 Å². The Morgan fingerprint density at radius 2 is 1.02 bits per heavy atom. The monoisotopic (exact) mass is 683 g/mol. The number of thiophene rings is 2. The molecule has 5 heteroatoms. The Bertz CT molecular complexity index is 3440. The fraction of sp³-hybridized carbons (Fsp3) is 0. The molecule has 4 heterocycles. The van der Waals surface area contributed by atoms with E-state index in [0.717, 1.165) is 32.5 Å². The Labute approximate surface area is 299 Å². The summed E-state index contributed by atoms with van der Waals surface area (Å²) in [6.45, 7) is 0. The highest BCUT2D eigenvalue weighted by atomic mass is 32.1. The van der Waals surface area contributed by atoms with Crippen LogP contribution in [0.15, 0.2) is 152 Å². The molecule has 0 spiro atoms. The molecule has 0 aliphatic heterocycles. The minimum atomic E-state index is 0.691. The van der Waals surface area contributed by atoms with Crippen LogP contribution < -0.4 is 0 Å². The van der Waals surface area contributed by atoms with Gasteiger partial charge >= 0.3 is 0 Å². The van der Waals surface area contributed by atoms with Gasteiger partial charge in [-0.3, -0.25) is 4.57 Å². The Balaban J connectivity index is 1.31. The van der Waals surface area contributed by atoms with Crippen LogP contribution in [0.1, 0.15) is 0 Å². The smallest absolute Gasteiger partial charge is 0.236 e. The van der Waals surface area contributed by atoms with Gasteiger partial charge in [0.1, 0.15) is 4.83 Å². The second-order valence-electron chi connectivity index (χ2n) is 13.3. The molecule has 0 bridgehead atoms. The van der Waals surface area contributed by atoms with E-state index in [1.54, 1.807) is 11.3 Å². The normalized spacial score (nSPS) is 12.3. The molecular weight excluding hydrogens is 659 g/mol. The summed E-state index contributed by atoms with van der Waals surface area (Å²) < 4.78 is 6.18. The fourth-order valence-electron chi connectivity index (χ4n) is 8.48. The van der Waals surface area contributed by atoms with Crippen LogP contribution in [-0.2, 0) is 0 Å². The van der Waals surface area contributed by atoms with Crippen molar-refractivity contribution in [2.24, 2.45) is 0 Å². The summed E-state index contributed by atoms with van der Waals surface area (Å²) in [5.41, 5.74) is 4.35. The number of para-hydroxylation sites is 1. The second kappa shape index (κ2) is 10.2. The minimum Gasteiger partial charge on any atom is -0.277 e. The van der Waals surface area contributed by atoms with E-state index in [-0.39, 0.29) is 0 Å². The topological polar surface area (TPSA) is 30.7 Å². The van der Waals surface area contributed by atoms with Crippen molar-refractivity contribution in [3.63, 3.8) is 0 Å². The Morgan fingerprint density at radius 3 is 1.82 bits per heavy atom. The van der Waals surface area contributed by atoms with E-state index >= 15 is 0 Å². The predicted molar refractivity (Wildman–Crippen MR) is 220 cm³/mol. The fourth-order valence-corrected chi connectivity index (χ4v) is 10.8. The SMILES string of the molecule is c1ccc2c(c1)cc(-c1nc(-n3c4ccccc4c4c5c6ccccc6sc5c5ccccc5c43)nc3sc4ccccc4c13)c1ccccc12. The summed E-state index contributed by atoms with van der Waals surface area (Å²) in [6.07, 6.45) is 0. The van der Waals surface area contributed by atoms with Gasteiger partial charge in [0, 0.05) is 62.8 Å². The van der Waals surface area contributed by atoms with Crippen LogP contribution >= 0.6 is 22.7 Å². The molecule has 0 atom stereocenters. The maximum Gasteiger partial charge on any atom is 0.236 e. The van der Waals surface area contributed by atoms with Crippen LogP contribution in [0, 0.1) is 0 Å². The quantitative estimate of drug-likeness (QED) is 0.170. The molecule has 0 amide bonds. The molecule has 0 saturated heterocycles. The molecule has 0 aliphatic carbocycles. The van der Waals surface area contributed by atoms with Crippen LogP contribution in [0.5, 0.6) is 0 Å². The first-order chi connectivity index (χ1) is 25.3. The van der Waals surface area contributed by atoms with Gasteiger partial charge in [-0.2, -0.15) is 0 Å². The van der Waals surface area contributed by atoms with Gasteiger partial charge in [-0.15, -0.1) is 22.7 Å². The summed E-state index contributed by atoms with van der Waals surface area (Å²) in [5.74, 6) is 0.691. The molecule has 236 valence electrons. The molecule has 12 rings (SSSR count). The van der Waals surface area contributed by atoms with E-state index in [1.165, 1.54) is 73.3 Å². The molecule has 0 N–H and O–H groups in total. The molecule has 8 aromatic carbocycles. The Morgan fingerprint density at radius 1 is 0.431 bits per heavy atom. The van der Waals surface area contributed by atoms with Gasteiger partial charge in [0.2, 0.25) is 5.95 Å². The number of benzene rings is 8. The maximum absolute atomic E-state index is 5.69. The van der Waals surface area contributed by atoms with Crippen molar-refractivity contribution in [2.45, 2.75) is 0 Å². The van der Waals surface area contributed by atoms with Crippen molar-refractivity contribution in [3.8, 4) is 17.2 Å². The lowest BCUT2D eigenvalue weighted by Gasteiger charge is -2.14. The number of nitrogens with zero attached hydrogens (tertiary/aromatic N) is 3. The number of rotatable bonds is 2. The zero-order chi connectivity index (χ0) is 33.2. The third kappa shape index (κ3) is 3.71. The number of aromatic nitrogens is 3. The lowest BCUT2D eigenvalue weighted by Crippen LogP contribution is -2.03. The number of hydrogen-bond donors (Lipinski definition) is 0. The average molecular weight is 684 g/mol. The van der Waals surface area contributed by atoms with Gasteiger partial charge < -0.3 is 0 Å². The van der Waals surface area contributed by atoms with Gasteiger partial charge in [0.25, 0.3) is 0 Å². The van der Waals surface area contributed by atoms with Gasteiger partial charge in [0.05, 0.1) is 16.7 Å². The van der Waals surface area contributed by atoms with Crippen molar-refractivity contribution >= 4 is 117 Å². The van der Waals surface area contributed by atoms with Crippen LogP contribution in [0.3, 0.4) is 0 Å². The number of hydrogen-bond acceptors (Lipinski definition) is 4. The molecule has 0 radical (unpaired) electrons. The highest BCUT2D eigenvalue weighted by Crippen LogP contribution is 2.49. The van der Waals surface area contributed by atoms with E-state index in [4.69, 9.17) is 9.97 Å². The summed E-state index contributed by atoms with van der Waals surface area (Å²) in [7, 11) is 0. The van der Waals surface area contributed by atoms with E-state index in [9.17, 15) is 0 Å². The Hall–Kier alpha value is -6.14. The summed E-state index contributed by atoms with van der Waals surface area (Å²) in [6, 6.07) is 54.9. The lowest BCUT2D eigenvalue weighted by atomic mass is 9.94. The molecule has 0 saturated carbocycles. The first-order valence-corrected chi connectivity index (χ1v) is 18.8. The van der Waals surface area contributed by atoms with Crippen molar-refractivity contribution in [3.05, 3.63) is 152 Å². The van der Waals surface area contributed by atoms with Gasteiger partial charge in [-0.1, -0.05) is 127 Å². The average Bonchev–Trinajstić information content (AvgIpc) is 3.87. The molecule has 3 nitrogen and oxygen atoms in total. The van der Waals surface area contributed by atoms with Crippen molar-refractivity contribution in [1.29, 1.82) is 0 Å². The minimum absolute atomic E-state index is 0.691. The molecule has 12 aromatic rings. The molecule has 0 fully saturated rings. The zero-order valence-corrected chi connectivity index (χ0v) is 28.7. The third-order valence-electron chi connectivity index (χ3n) is 10.6. The molecular formula is C46H25N3S2. The largest absolute Gasteiger partial charge is 0.277 e. The van der Waals surface area contributed by atoms with E-state index in [0.29, 0.717) is 5.95 Å². The van der Waals surface area contributed by atoms with E-state index in [2.05, 4.69) is 156 Å². The predicted octanol–water partition coefficient (Wildman–Crippen LogP) is 13.4. The second-order valence-corrected chi connectivity index (χ2v) is 15.3. The van der Waals surface area contributed by atoms with Crippen LogP contribution in [0.4, 0.5) is 0 Å². The summed E-state index contributed by atoms with van der Waals surface area (Å²) in [4.78, 5) is 12.2. The van der Waals surface area contributed by atoms with E-state index in [1.807, 2.05) is 11.3 Å². The van der Waals surface area contributed by atoms with Crippen LogP contribution in [0.2, 0.25) is 0 Å². The highest BCUT2D eigenvalue weighted by Gasteiger charge is 2.25. The molecule has 51 heavy (non-hydrogen) atoms. The lowest BCUT2D eigenvalue weighted by molar-refractivity contribution is 1.02. The van der Waals surface area contributed by atoms with Gasteiger partial charge in [-0.25, -0.2) is 9.97 Å². The highest BCUT2D eigenvalue weighted by molar-refractivity contribution is 7.27. The molecule has 0 unspecified atom stereocenters. The zero-order valence-electron chi connectivity index (χ0n) is 27.1. The van der Waals surface area contributed by atoms with Crippen molar-refractivity contribution in [2.75, 3.05) is 0 Å². The Kier molecular flexibility index (Phi) is 5.53. The van der Waals surface area contributed by atoms with Gasteiger partial charge in [0.15, 0.2) is 0 Å². The van der Waals surface area contributed by atoms with E-state index < -0.39 is 0 Å². The van der Waals surface area contributed by atoms with Gasteiger partial charge in [-0.05, 0) is 45.8 Å². The first-order valence-electron chi connectivity index (χ1n) is 17.2. The van der Waals surface area contributed by atoms with Crippen molar-refractivity contribution in [1.82, 2.24) is 14.5 Å². The van der Waals surface area contributed by atoms with Crippen LogP contribution in [-0.4, -0.2) is 14.5 Å². The number of fused-ring (bicyclic) bond motifs is 16. The van der Waals surface area contributed by atoms with Crippen LogP contribution in [0.25, 0.3) is 112 Å². The first kappa shape index (κ1) is 27.7.